The van der Waals surface area contributed by atoms with E-state index >= 15 is 0 Å². The molecule has 7 heteroatoms. The van der Waals surface area contributed by atoms with Crippen LogP contribution >= 0.6 is 0 Å². The monoisotopic (exact) mass is 369 g/mol. The number of nitrogens with one attached hydrogen (secondary N) is 1. The Hall–Kier alpha value is -2.93. The van der Waals surface area contributed by atoms with Gasteiger partial charge in [-0.15, -0.1) is 0 Å². The zero-order chi connectivity index (χ0) is 19.2. The maximum atomic E-state index is 12.4. The van der Waals surface area contributed by atoms with Gasteiger partial charge in [0.25, 0.3) is 5.91 Å². The summed E-state index contributed by atoms with van der Waals surface area (Å²) in [6, 6.07) is 13.9. The van der Waals surface area contributed by atoms with Crippen molar-refractivity contribution in [2.24, 2.45) is 0 Å². The lowest BCUT2D eigenvalue weighted by Gasteiger charge is -2.40. The van der Waals surface area contributed by atoms with E-state index in [0.717, 1.165) is 5.56 Å². The molecule has 0 radical (unpaired) electrons. The number of hydrogen-bond donors (Lipinski definition) is 2. The van der Waals surface area contributed by atoms with E-state index in [1.807, 2.05) is 37.3 Å². The molecule has 1 aromatic carbocycles. The van der Waals surface area contributed by atoms with Gasteiger partial charge >= 0.3 is 6.09 Å². The highest BCUT2D eigenvalue weighted by atomic mass is 16.6. The molecule has 2 N–H and O–H groups in total. The Kier molecular flexibility index (Phi) is 6.03. The van der Waals surface area contributed by atoms with E-state index in [0.29, 0.717) is 12.1 Å². The molecule has 1 fully saturated rings. The Morgan fingerprint density at radius 2 is 1.96 bits per heavy atom. The predicted molar refractivity (Wildman–Crippen MR) is 98.9 cm³/mol. The summed E-state index contributed by atoms with van der Waals surface area (Å²) in [6.45, 7) is 2.15. The largest absolute Gasteiger partial charge is 0.445 e. The second-order valence-corrected chi connectivity index (χ2v) is 6.64. The van der Waals surface area contributed by atoms with Gasteiger partial charge in [-0.3, -0.25) is 9.78 Å². The van der Waals surface area contributed by atoms with Crippen molar-refractivity contribution < 1.29 is 19.4 Å². The van der Waals surface area contributed by atoms with Crippen LogP contribution in [0.25, 0.3) is 0 Å². The second-order valence-electron chi connectivity index (χ2n) is 6.64. The van der Waals surface area contributed by atoms with E-state index in [4.69, 9.17) is 4.74 Å². The van der Waals surface area contributed by atoms with Gasteiger partial charge in [0, 0.05) is 12.2 Å². The molecule has 3 unspecified atom stereocenters. The molecule has 0 spiro atoms. The number of benzene rings is 1. The Labute approximate surface area is 158 Å². The third-order valence-electron chi connectivity index (χ3n) is 4.63. The number of aliphatic hydroxyl groups excluding tert-OH is 1. The fourth-order valence-corrected chi connectivity index (χ4v) is 3.11. The molecule has 2 amide bonds. The van der Waals surface area contributed by atoms with Crippen LogP contribution in [0.3, 0.4) is 0 Å². The van der Waals surface area contributed by atoms with Crippen LogP contribution in [0.4, 0.5) is 4.79 Å². The number of ether oxygens (including phenoxy) is 1. The molecule has 2 heterocycles. The molecule has 1 aliphatic heterocycles. The first-order valence-corrected chi connectivity index (χ1v) is 8.92. The van der Waals surface area contributed by atoms with Crippen LogP contribution in [0, 0.1) is 0 Å². The number of aliphatic hydroxyl groups is 1. The predicted octanol–water partition coefficient (Wildman–Crippen LogP) is 1.97. The smallest absolute Gasteiger partial charge is 0.410 e. The SMILES string of the molecule is CC1CC(NC(=O)c2ccccn2)C(O)CN1C(=O)OCc1ccccc1. The first-order chi connectivity index (χ1) is 13.0. The number of aromatic nitrogens is 1. The van der Waals surface area contributed by atoms with Crippen molar-refractivity contribution in [2.45, 2.75) is 38.1 Å². The van der Waals surface area contributed by atoms with Crippen molar-refractivity contribution >= 4 is 12.0 Å². The number of carbonyl (C=O) groups excluding carboxylic acids is 2. The summed E-state index contributed by atoms with van der Waals surface area (Å²) in [5, 5.41) is 13.2. The number of pyridine rings is 1. The zero-order valence-electron chi connectivity index (χ0n) is 15.1. The highest BCUT2D eigenvalue weighted by Crippen LogP contribution is 2.20. The minimum Gasteiger partial charge on any atom is -0.445 e. The quantitative estimate of drug-likeness (QED) is 0.860. The number of amides is 2. The molecule has 142 valence electrons. The second kappa shape index (κ2) is 8.64. The molecule has 2 aromatic rings. The number of hydrogen-bond acceptors (Lipinski definition) is 5. The molecule has 0 aliphatic carbocycles. The third kappa shape index (κ3) is 4.83. The summed E-state index contributed by atoms with van der Waals surface area (Å²) in [7, 11) is 0. The molecule has 1 saturated heterocycles. The summed E-state index contributed by atoms with van der Waals surface area (Å²) in [5.41, 5.74) is 1.19. The maximum Gasteiger partial charge on any atom is 0.410 e. The van der Waals surface area contributed by atoms with Crippen molar-refractivity contribution in [3.8, 4) is 0 Å². The fourth-order valence-electron chi connectivity index (χ4n) is 3.11. The van der Waals surface area contributed by atoms with Crippen LogP contribution in [0.2, 0.25) is 0 Å². The van der Waals surface area contributed by atoms with Gasteiger partial charge in [0.15, 0.2) is 0 Å². The Morgan fingerprint density at radius 1 is 1.22 bits per heavy atom. The van der Waals surface area contributed by atoms with Gasteiger partial charge in [-0.25, -0.2) is 4.79 Å². The molecule has 0 saturated carbocycles. The van der Waals surface area contributed by atoms with E-state index in [1.165, 1.54) is 4.90 Å². The molecule has 3 rings (SSSR count). The van der Waals surface area contributed by atoms with Crippen LogP contribution in [0.5, 0.6) is 0 Å². The molecular weight excluding hydrogens is 346 g/mol. The molecule has 3 atom stereocenters. The minimum absolute atomic E-state index is 0.0992. The molecular formula is C20H23N3O4. The van der Waals surface area contributed by atoms with Gasteiger partial charge in [0.2, 0.25) is 0 Å². The number of β-amino-alcohol motifs (C(OH)–C–C–N with tert-alkyl or cyclic N) is 1. The summed E-state index contributed by atoms with van der Waals surface area (Å²) >= 11 is 0. The average molecular weight is 369 g/mol. The number of piperidine rings is 1. The zero-order valence-corrected chi connectivity index (χ0v) is 15.1. The van der Waals surface area contributed by atoms with E-state index in [-0.39, 0.29) is 25.1 Å². The van der Waals surface area contributed by atoms with Crippen molar-refractivity contribution in [3.63, 3.8) is 0 Å². The van der Waals surface area contributed by atoms with Gasteiger partial charge in [0.05, 0.1) is 18.7 Å². The lowest BCUT2D eigenvalue weighted by atomic mass is 9.96. The highest BCUT2D eigenvalue weighted by Gasteiger charge is 2.36. The van der Waals surface area contributed by atoms with Crippen LogP contribution in [0.15, 0.2) is 54.7 Å². The summed E-state index contributed by atoms with van der Waals surface area (Å²) in [5.74, 6) is -0.341. The molecule has 0 bridgehead atoms. The van der Waals surface area contributed by atoms with Crippen molar-refractivity contribution in [1.82, 2.24) is 15.2 Å². The van der Waals surface area contributed by atoms with Gasteiger partial charge in [-0.2, -0.15) is 0 Å². The first-order valence-electron chi connectivity index (χ1n) is 8.92. The van der Waals surface area contributed by atoms with Crippen LogP contribution in [0.1, 0.15) is 29.4 Å². The Balaban J connectivity index is 1.54. The third-order valence-corrected chi connectivity index (χ3v) is 4.63. The number of likely N-dealkylation sites (tertiary alicyclic amines) is 1. The molecule has 1 aliphatic rings. The molecule has 1 aromatic heterocycles. The van der Waals surface area contributed by atoms with E-state index in [2.05, 4.69) is 10.3 Å². The summed E-state index contributed by atoms with van der Waals surface area (Å²) < 4.78 is 5.35. The fraction of sp³-hybridized carbons (Fsp3) is 0.350. The van der Waals surface area contributed by atoms with Crippen molar-refractivity contribution in [2.75, 3.05) is 6.54 Å². The summed E-state index contributed by atoms with van der Waals surface area (Å²) in [4.78, 5) is 30.1. The van der Waals surface area contributed by atoms with Crippen molar-refractivity contribution in [1.29, 1.82) is 0 Å². The number of nitrogens with zero attached hydrogens (tertiary/aromatic N) is 2. The number of carbonyl (C=O) groups is 2. The van der Waals surface area contributed by atoms with Gasteiger partial charge in [-0.1, -0.05) is 36.4 Å². The number of rotatable bonds is 4. The maximum absolute atomic E-state index is 12.4. The van der Waals surface area contributed by atoms with E-state index in [1.54, 1.807) is 24.4 Å². The van der Waals surface area contributed by atoms with Crippen LogP contribution < -0.4 is 5.32 Å². The summed E-state index contributed by atoms with van der Waals surface area (Å²) in [6.07, 6.45) is 0.623. The van der Waals surface area contributed by atoms with Crippen LogP contribution in [-0.2, 0) is 11.3 Å². The van der Waals surface area contributed by atoms with E-state index < -0.39 is 18.2 Å². The minimum atomic E-state index is -0.877. The topological polar surface area (TPSA) is 91.8 Å². The Bertz CT molecular complexity index is 769. The normalized spacial score (nSPS) is 22.1. The van der Waals surface area contributed by atoms with Crippen molar-refractivity contribution in [3.05, 3.63) is 66.0 Å². The van der Waals surface area contributed by atoms with E-state index in [9.17, 15) is 14.7 Å². The molecule has 7 nitrogen and oxygen atoms in total. The first kappa shape index (κ1) is 18.8. The van der Waals surface area contributed by atoms with Crippen LogP contribution in [-0.4, -0.2) is 51.7 Å². The Morgan fingerprint density at radius 3 is 2.67 bits per heavy atom. The van der Waals surface area contributed by atoms with Gasteiger partial charge in [-0.05, 0) is 31.0 Å². The standard InChI is InChI=1S/C20H23N3O4/c1-14-11-17(22-19(25)16-9-5-6-10-21-16)18(24)12-23(14)20(26)27-13-15-7-3-2-4-8-15/h2-10,14,17-18,24H,11-13H2,1H3,(H,22,25). The molecule has 27 heavy (non-hydrogen) atoms. The highest BCUT2D eigenvalue weighted by molar-refractivity contribution is 5.92. The lowest BCUT2D eigenvalue weighted by Crippen LogP contribution is -2.58. The lowest BCUT2D eigenvalue weighted by molar-refractivity contribution is 0.00650. The van der Waals surface area contributed by atoms with Gasteiger partial charge in [0.1, 0.15) is 12.3 Å². The average Bonchev–Trinajstić information content (AvgIpc) is 2.70. The van der Waals surface area contributed by atoms with Gasteiger partial charge < -0.3 is 20.1 Å².